The van der Waals surface area contributed by atoms with Crippen molar-refractivity contribution in [3.8, 4) is 0 Å². The van der Waals surface area contributed by atoms with Gasteiger partial charge in [-0.05, 0) is 51.4 Å². The van der Waals surface area contributed by atoms with Crippen molar-refractivity contribution >= 4 is 19.8 Å². The molecule has 0 aliphatic carbocycles. The summed E-state index contributed by atoms with van der Waals surface area (Å²) in [5.41, 5.74) is 5.33. The molecule has 0 heterocycles. The van der Waals surface area contributed by atoms with E-state index < -0.39 is 32.5 Å². The third kappa shape index (κ3) is 35.8. The first-order valence-electron chi connectivity index (χ1n) is 19.6. The number of rotatable bonds is 36. The van der Waals surface area contributed by atoms with Crippen molar-refractivity contribution in [2.75, 3.05) is 26.4 Å². The number of phosphoric acid groups is 1. The lowest BCUT2D eigenvalue weighted by Crippen LogP contribution is -2.29. The van der Waals surface area contributed by atoms with Gasteiger partial charge < -0.3 is 20.1 Å². The van der Waals surface area contributed by atoms with E-state index in [0.29, 0.717) is 12.8 Å². The molecule has 0 aromatic rings. The number of phosphoric ester groups is 1. The minimum absolute atomic E-state index is 0.0457. The summed E-state index contributed by atoms with van der Waals surface area (Å²) in [5, 5.41) is 0. The Kier molecular flexibility index (Phi) is 35.3. The molecule has 0 saturated heterocycles. The summed E-state index contributed by atoms with van der Waals surface area (Å²) in [6.45, 7) is 3.62. The molecule has 1 unspecified atom stereocenters. The minimum Gasteiger partial charge on any atom is -0.462 e. The Balaban J connectivity index is 4.30. The first-order valence-corrected chi connectivity index (χ1v) is 21.1. The molecule has 0 fully saturated rings. The van der Waals surface area contributed by atoms with Gasteiger partial charge in [0.2, 0.25) is 0 Å². The topological polar surface area (TPSA) is 134 Å². The Hall–Kier alpha value is -2.03. The Morgan fingerprint density at radius 3 is 1.60 bits per heavy atom. The summed E-state index contributed by atoms with van der Waals surface area (Å²) in [7, 11) is -4.38. The molecule has 3 N–H and O–H groups in total. The smallest absolute Gasteiger partial charge is 0.462 e. The highest BCUT2D eigenvalue weighted by atomic mass is 31.2. The predicted octanol–water partition coefficient (Wildman–Crippen LogP) is 10.8. The van der Waals surface area contributed by atoms with Crippen LogP contribution in [0, 0.1) is 0 Å². The monoisotopic (exact) mass is 725 g/mol. The maximum Gasteiger partial charge on any atom is 0.472 e. The van der Waals surface area contributed by atoms with Crippen LogP contribution in [-0.4, -0.2) is 49.3 Å². The van der Waals surface area contributed by atoms with Crippen LogP contribution in [0.15, 0.2) is 48.6 Å². The predicted molar refractivity (Wildman–Crippen MR) is 206 cm³/mol. The fourth-order valence-electron chi connectivity index (χ4n) is 5.04. The molecule has 0 aliphatic rings. The van der Waals surface area contributed by atoms with Crippen molar-refractivity contribution in [3.63, 3.8) is 0 Å². The largest absolute Gasteiger partial charge is 0.472 e. The zero-order chi connectivity index (χ0) is 36.8. The first-order chi connectivity index (χ1) is 24.3. The number of allylic oxidation sites excluding steroid dienone is 8. The molecule has 0 radical (unpaired) electrons. The normalized spacial score (nSPS) is 13.9. The van der Waals surface area contributed by atoms with E-state index in [-0.39, 0.29) is 32.6 Å². The van der Waals surface area contributed by atoms with E-state index in [1.807, 2.05) is 6.08 Å². The van der Waals surface area contributed by atoms with Crippen LogP contribution in [0.25, 0.3) is 0 Å². The molecule has 290 valence electrons. The summed E-state index contributed by atoms with van der Waals surface area (Å²) >= 11 is 0. The summed E-state index contributed by atoms with van der Waals surface area (Å²) in [6.07, 6.45) is 40.0. The molecule has 0 amide bonds. The number of hydrogen-bond acceptors (Lipinski definition) is 8. The lowest BCUT2D eigenvalue weighted by molar-refractivity contribution is -0.161. The number of nitrogens with two attached hydrogens (primary N) is 1. The van der Waals surface area contributed by atoms with Gasteiger partial charge in [-0.2, -0.15) is 0 Å². The number of unbranched alkanes of at least 4 members (excludes halogenated alkanes) is 15. The Bertz CT molecular complexity index is 965. The maximum absolute atomic E-state index is 12.5. The van der Waals surface area contributed by atoms with Crippen LogP contribution < -0.4 is 5.73 Å². The average Bonchev–Trinajstić information content (AvgIpc) is 3.10. The van der Waals surface area contributed by atoms with E-state index >= 15 is 0 Å². The maximum atomic E-state index is 12.5. The highest BCUT2D eigenvalue weighted by molar-refractivity contribution is 7.47. The van der Waals surface area contributed by atoms with Crippen LogP contribution in [0.2, 0.25) is 0 Å². The molecule has 0 aliphatic heterocycles. The van der Waals surface area contributed by atoms with Crippen molar-refractivity contribution in [1.29, 1.82) is 0 Å². The zero-order valence-corrected chi connectivity index (χ0v) is 32.5. The van der Waals surface area contributed by atoms with E-state index in [4.69, 9.17) is 24.3 Å². The Morgan fingerprint density at radius 1 is 0.600 bits per heavy atom. The Labute approximate surface area is 305 Å². The lowest BCUT2D eigenvalue weighted by atomic mass is 10.0. The highest BCUT2D eigenvalue weighted by Gasteiger charge is 2.25. The van der Waals surface area contributed by atoms with Gasteiger partial charge in [0.1, 0.15) is 6.61 Å². The summed E-state index contributed by atoms with van der Waals surface area (Å²) in [5.74, 6) is -0.896. The van der Waals surface area contributed by atoms with Crippen molar-refractivity contribution in [3.05, 3.63) is 48.6 Å². The van der Waals surface area contributed by atoms with E-state index in [0.717, 1.165) is 44.9 Å². The van der Waals surface area contributed by atoms with E-state index in [9.17, 15) is 19.0 Å². The fourth-order valence-corrected chi connectivity index (χ4v) is 5.80. The van der Waals surface area contributed by atoms with Gasteiger partial charge in [-0.25, -0.2) is 4.57 Å². The van der Waals surface area contributed by atoms with E-state index in [1.165, 1.54) is 77.0 Å². The van der Waals surface area contributed by atoms with Gasteiger partial charge in [-0.3, -0.25) is 18.6 Å². The second-order valence-corrected chi connectivity index (χ2v) is 14.3. The van der Waals surface area contributed by atoms with Crippen LogP contribution in [0.4, 0.5) is 0 Å². The van der Waals surface area contributed by atoms with Crippen molar-refractivity contribution < 1.29 is 37.6 Å². The minimum atomic E-state index is -4.38. The van der Waals surface area contributed by atoms with Gasteiger partial charge in [0.25, 0.3) is 0 Å². The number of esters is 2. The molecule has 0 saturated carbocycles. The quantitative estimate of drug-likeness (QED) is 0.0280. The first kappa shape index (κ1) is 48.0. The fraction of sp³-hybridized carbons (Fsp3) is 0.750. The van der Waals surface area contributed by atoms with Gasteiger partial charge in [0.05, 0.1) is 13.2 Å². The van der Waals surface area contributed by atoms with Gasteiger partial charge in [-0.15, -0.1) is 0 Å². The molecule has 9 nitrogen and oxygen atoms in total. The van der Waals surface area contributed by atoms with Crippen LogP contribution in [-0.2, 0) is 32.7 Å². The van der Waals surface area contributed by atoms with Crippen molar-refractivity contribution in [2.24, 2.45) is 5.73 Å². The number of hydrogen-bond donors (Lipinski definition) is 2. The molecule has 50 heavy (non-hydrogen) atoms. The second kappa shape index (κ2) is 36.8. The molecule has 2 atom stereocenters. The summed E-state index contributed by atoms with van der Waals surface area (Å²) in [6, 6.07) is 0. The van der Waals surface area contributed by atoms with Gasteiger partial charge in [0.15, 0.2) is 6.10 Å². The molecule has 10 heteroatoms. The molecule has 0 aromatic carbocycles. The van der Waals surface area contributed by atoms with Crippen LogP contribution >= 0.6 is 7.82 Å². The van der Waals surface area contributed by atoms with E-state index in [1.54, 1.807) is 0 Å². The second-order valence-electron chi connectivity index (χ2n) is 12.8. The molecule has 0 bridgehead atoms. The third-order valence-electron chi connectivity index (χ3n) is 7.97. The number of carbonyl (C=O) groups is 2. The summed E-state index contributed by atoms with van der Waals surface area (Å²) < 4.78 is 32.6. The van der Waals surface area contributed by atoms with Gasteiger partial charge >= 0.3 is 19.8 Å². The standard InChI is InChI=1S/C40H72NO8P/c1-3-5-7-9-11-13-15-17-18-19-20-21-23-24-26-28-30-32-39(42)46-36-38(37-48-50(44,45)47-35-34-41)49-40(43)33-31-29-27-25-22-16-14-12-10-8-6-4-2/h11,13,17-18,20-21,24,26,38H,3-10,12,14-16,19,22-23,25,27-37,41H2,1-2H3,(H,44,45)/t38-/m1/s1. The van der Waals surface area contributed by atoms with Gasteiger partial charge in [0, 0.05) is 19.4 Å². The average molecular weight is 726 g/mol. The number of ether oxygens (including phenoxy) is 2. The van der Waals surface area contributed by atoms with E-state index in [2.05, 4.69) is 56.4 Å². The molecular weight excluding hydrogens is 653 g/mol. The highest BCUT2D eigenvalue weighted by Crippen LogP contribution is 2.43. The van der Waals surface area contributed by atoms with Crippen molar-refractivity contribution in [2.45, 2.75) is 168 Å². The Morgan fingerprint density at radius 2 is 1.06 bits per heavy atom. The van der Waals surface area contributed by atoms with Crippen LogP contribution in [0.3, 0.4) is 0 Å². The third-order valence-corrected chi connectivity index (χ3v) is 8.95. The van der Waals surface area contributed by atoms with Gasteiger partial charge in [-0.1, -0.05) is 146 Å². The molecule has 0 aromatic heterocycles. The zero-order valence-electron chi connectivity index (χ0n) is 31.6. The van der Waals surface area contributed by atoms with Crippen molar-refractivity contribution in [1.82, 2.24) is 0 Å². The van der Waals surface area contributed by atoms with Crippen LogP contribution in [0.5, 0.6) is 0 Å². The molecular formula is C40H72NO8P. The molecule has 0 rings (SSSR count). The number of carbonyl (C=O) groups excluding carboxylic acids is 2. The van der Waals surface area contributed by atoms with Crippen LogP contribution in [0.1, 0.15) is 162 Å². The molecule has 0 spiro atoms. The summed E-state index contributed by atoms with van der Waals surface area (Å²) in [4.78, 5) is 34.7. The lowest BCUT2D eigenvalue weighted by Gasteiger charge is -2.19. The SMILES string of the molecule is CCCCCC=CCC=CCC=CCC=CCCCC(=O)OC[C@H](COP(=O)(O)OCCN)OC(=O)CCCCCCCCCCCCCC.